The number of rotatable bonds is 16. The van der Waals surface area contributed by atoms with Crippen LogP contribution in [0.5, 0.6) is 0 Å². The molecule has 4 heterocycles. The van der Waals surface area contributed by atoms with Gasteiger partial charge in [-0.05, 0) is 6.42 Å². The van der Waals surface area contributed by atoms with E-state index in [2.05, 4.69) is 5.32 Å². The summed E-state index contributed by atoms with van der Waals surface area (Å²) in [4.78, 5) is 52.1. The first-order chi connectivity index (χ1) is 24.7. The summed E-state index contributed by atoms with van der Waals surface area (Å²) in [7, 11) is 0. The zero-order chi connectivity index (χ0) is 38.3. The summed E-state index contributed by atoms with van der Waals surface area (Å²) in [6.45, 7) is -2.71. The molecule has 4 rings (SSSR count). The van der Waals surface area contributed by atoms with E-state index in [1.54, 1.807) is 0 Å². The van der Waals surface area contributed by atoms with Crippen LogP contribution in [-0.4, -0.2) is 205 Å². The lowest BCUT2D eigenvalue weighted by atomic mass is 9.96. The Hall–Kier alpha value is -2.56. The van der Waals surface area contributed by atoms with Crippen molar-refractivity contribution in [3.8, 4) is 0 Å². The molecule has 0 saturated carbocycles. The molecule has 4 aliphatic rings. The van der Waals surface area contributed by atoms with Crippen molar-refractivity contribution in [2.24, 2.45) is 0 Å². The summed E-state index contributed by atoms with van der Waals surface area (Å²) in [6.07, 6.45) is -26.1. The molecule has 4 aliphatic heterocycles. The summed E-state index contributed by atoms with van der Waals surface area (Å²) in [6, 6.07) is 0. The predicted molar refractivity (Wildman–Crippen MR) is 159 cm³/mol. The van der Waals surface area contributed by atoms with Crippen LogP contribution >= 0.6 is 0 Å². The number of nitrogens with one attached hydrogen (secondary N) is 1. The topological polar surface area (TPSA) is 350 Å². The molecule has 0 radical (unpaired) electrons. The predicted octanol–water partition coefficient (Wildman–Crippen LogP) is -7.65. The first-order valence-corrected chi connectivity index (χ1v) is 16.5. The van der Waals surface area contributed by atoms with Crippen molar-refractivity contribution < 1.29 is 104 Å². The van der Waals surface area contributed by atoms with Gasteiger partial charge in [0.15, 0.2) is 18.9 Å². The molecular formula is C29H46N2O21. The normalized spacial score (nSPS) is 39.8. The van der Waals surface area contributed by atoms with E-state index in [1.165, 1.54) is 0 Å². The number of hydrogen-bond acceptors (Lipinski definition) is 21. The molecule has 52 heavy (non-hydrogen) atoms. The lowest BCUT2D eigenvalue weighted by Gasteiger charge is -2.46. The van der Waals surface area contributed by atoms with Gasteiger partial charge < -0.3 is 89.6 Å². The van der Waals surface area contributed by atoms with Gasteiger partial charge >= 0.3 is 5.97 Å². The van der Waals surface area contributed by atoms with Crippen molar-refractivity contribution in [3.05, 3.63) is 0 Å². The standard InChI is InChI=1S/C29H46N2O21/c32-8-11-18(38)21(41)23(43)27(48-11)47-10-13-20(40)26(51-29-24(44)22(42)19(39)12(9-33)49-29)25(45)28(50-13)46-7-6-30-14(34)2-1-3-17(37)52-31-15(35)4-5-16(31)36/h11-13,18-29,32-33,38-45H,1-10H2,(H,30,34)/t11-,12-,13-,18-,19-,20-,21+,22+,23+,24+,25+,26+,27?,28+,29-/m1/s1. The molecule has 11 N–H and O–H groups in total. The van der Waals surface area contributed by atoms with Gasteiger partial charge in [-0.2, -0.15) is 0 Å². The van der Waals surface area contributed by atoms with Gasteiger partial charge in [-0.25, -0.2) is 4.79 Å². The Morgan fingerprint density at radius 1 is 0.673 bits per heavy atom. The molecule has 0 aliphatic carbocycles. The van der Waals surface area contributed by atoms with E-state index in [-0.39, 0.29) is 45.3 Å². The Morgan fingerprint density at radius 2 is 1.21 bits per heavy atom. The third-order valence-corrected chi connectivity index (χ3v) is 8.74. The number of hydroxylamine groups is 2. The Kier molecular flexibility index (Phi) is 15.5. The third kappa shape index (κ3) is 10.1. The maximum atomic E-state index is 12.3. The van der Waals surface area contributed by atoms with Crippen molar-refractivity contribution in [2.45, 2.75) is 124 Å². The van der Waals surface area contributed by atoms with Crippen LogP contribution in [0.15, 0.2) is 0 Å². The molecule has 1 unspecified atom stereocenters. The fraction of sp³-hybridized carbons (Fsp3) is 0.862. The molecule has 0 aromatic heterocycles. The Balaban J connectivity index is 1.33. The van der Waals surface area contributed by atoms with Gasteiger partial charge in [0.2, 0.25) is 5.91 Å². The molecule has 0 bridgehead atoms. The average molecular weight is 759 g/mol. The van der Waals surface area contributed by atoms with Gasteiger partial charge in [-0.3, -0.25) is 14.4 Å². The fourth-order valence-electron chi connectivity index (χ4n) is 5.72. The minimum absolute atomic E-state index is 0.0111. The molecule has 298 valence electrons. The van der Waals surface area contributed by atoms with Gasteiger partial charge in [0.05, 0.1) is 26.4 Å². The van der Waals surface area contributed by atoms with E-state index in [9.17, 15) is 70.2 Å². The molecule has 0 spiro atoms. The molecule has 3 amide bonds. The van der Waals surface area contributed by atoms with Gasteiger partial charge in [-0.1, -0.05) is 0 Å². The van der Waals surface area contributed by atoms with E-state index in [0.29, 0.717) is 5.06 Å². The van der Waals surface area contributed by atoms with Crippen molar-refractivity contribution in [1.29, 1.82) is 0 Å². The van der Waals surface area contributed by atoms with E-state index in [4.69, 9.17) is 33.3 Å². The average Bonchev–Trinajstić information content (AvgIpc) is 3.43. The zero-order valence-electron chi connectivity index (χ0n) is 27.6. The highest BCUT2D eigenvalue weighted by molar-refractivity contribution is 6.01. The lowest BCUT2D eigenvalue weighted by molar-refractivity contribution is -0.366. The maximum Gasteiger partial charge on any atom is 0.333 e. The van der Waals surface area contributed by atoms with E-state index in [1.807, 2.05) is 0 Å². The highest BCUT2D eigenvalue weighted by atomic mass is 16.8. The maximum absolute atomic E-state index is 12.3. The van der Waals surface area contributed by atoms with E-state index < -0.39 is 136 Å². The number of amides is 3. The third-order valence-electron chi connectivity index (χ3n) is 8.74. The molecule has 0 aromatic rings. The summed E-state index contributed by atoms with van der Waals surface area (Å²) in [5.41, 5.74) is 0. The quantitative estimate of drug-likeness (QED) is 0.0514. The number of aliphatic hydroxyl groups is 10. The SMILES string of the molecule is O=C(CCCC(=O)ON1C(=O)CCC1=O)NCCO[C@H]1O[C@H](COC2O[C@H](CO)[C@@H](O)[C@H](O)[C@@H]2O)[C@@H](O)[C@H](O[C@H]2O[C@H](CO)[C@@H](O)[C@H](O)[C@@H]2O)[C@@H]1O. The molecular weight excluding hydrogens is 712 g/mol. The molecule has 4 fully saturated rings. The second kappa shape index (κ2) is 19.2. The van der Waals surface area contributed by atoms with Crippen molar-refractivity contribution in [2.75, 3.05) is 33.0 Å². The number of carbonyl (C=O) groups excluding carboxylic acids is 4. The molecule has 0 aromatic carbocycles. The van der Waals surface area contributed by atoms with Crippen LogP contribution in [-0.2, 0) is 52.4 Å². The Bertz CT molecular complexity index is 1190. The first kappa shape index (κ1) is 42.2. The largest absolute Gasteiger partial charge is 0.394 e. The van der Waals surface area contributed by atoms with Crippen molar-refractivity contribution >= 4 is 23.7 Å². The number of hydrogen-bond donors (Lipinski definition) is 11. The van der Waals surface area contributed by atoms with Crippen molar-refractivity contribution in [3.63, 3.8) is 0 Å². The van der Waals surface area contributed by atoms with Crippen LogP contribution in [0, 0.1) is 0 Å². The van der Waals surface area contributed by atoms with Crippen molar-refractivity contribution in [1.82, 2.24) is 10.4 Å². The molecule has 4 saturated heterocycles. The number of carbonyl (C=O) groups is 4. The summed E-state index contributed by atoms with van der Waals surface area (Å²) >= 11 is 0. The smallest absolute Gasteiger partial charge is 0.333 e. The molecule has 15 atom stereocenters. The zero-order valence-corrected chi connectivity index (χ0v) is 27.6. The summed E-state index contributed by atoms with van der Waals surface area (Å²) in [5, 5.41) is 105. The van der Waals surface area contributed by atoms with Crippen LogP contribution in [0.25, 0.3) is 0 Å². The highest BCUT2D eigenvalue weighted by Crippen LogP contribution is 2.31. The van der Waals surface area contributed by atoms with Gasteiger partial charge in [0.25, 0.3) is 11.8 Å². The summed E-state index contributed by atoms with van der Waals surface area (Å²) in [5.74, 6) is -2.69. The number of ether oxygens (including phenoxy) is 6. The lowest BCUT2D eigenvalue weighted by Crippen LogP contribution is -2.65. The van der Waals surface area contributed by atoms with Gasteiger partial charge in [-0.15, -0.1) is 5.06 Å². The van der Waals surface area contributed by atoms with E-state index in [0.717, 1.165) is 0 Å². The first-order valence-electron chi connectivity index (χ1n) is 16.5. The van der Waals surface area contributed by atoms with Gasteiger partial charge in [0.1, 0.15) is 73.2 Å². The van der Waals surface area contributed by atoms with Gasteiger partial charge in [0, 0.05) is 32.2 Å². The summed E-state index contributed by atoms with van der Waals surface area (Å²) < 4.78 is 32.9. The van der Waals surface area contributed by atoms with Crippen LogP contribution < -0.4 is 5.32 Å². The molecule has 23 nitrogen and oxygen atoms in total. The Labute approximate surface area is 295 Å². The minimum atomic E-state index is -1.93. The fourth-order valence-corrected chi connectivity index (χ4v) is 5.72. The Morgan fingerprint density at radius 3 is 1.81 bits per heavy atom. The van der Waals surface area contributed by atoms with Crippen LogP contribution in [0.2, 0.25) is 0 Å². The second-order valence-corrected chi connectivity index (χ2v) is 12.5. The van der Waals surface area contributed by atoms with E-state index >= 15 is 0 Å². The minimum Gasteiger partial charge on any atom is -0.394 e. The number of aliphatic hydroxyl groups excluding tert-OH is 10. The second-order valence-electron chi connectivity index (χ2n) is 12.5. The van der Waals surface area contributed by atoms with Crippen LogP contribution in [0.4, 0.5) is 0 Å². The highest BCUT2D eigenvalue weighted by Gasteiger charge is 2.52. The monoisotopic (exact) mass is 758 g/mol. The molecule has 23 heteroatoms. The number of imide groups is 1. The van der Waals surface area contributed by atoms with Crippen LogP contribution in [0.3, 0.4) is 0 Å². The number of nitrogens with zero attached hydrogens (tertiary/aromatic N) is 1. The van der Waals surface area contributed by atoms with Crippen LogP contribution in [0.1, 0.15) is 32.1 Å².